The van der Waals surface area contributed by atoms with Gasteiger partial charge in [0, 0.05) is 45.0 Å². The highest BCUT2D eigenvalue weighted by atomic mass is 15.3. The Balaban J connectivity index is 1.95. The van der Waals surface area contributed by atoms with Crippen LogP contribution in [-0.4, -0.2) is 53.6 Å². The van der Waals surface area contributed by atoms with Crippen molar-refractivity contribution in [1.82, 2.24) is 14.9 Å². The van der Waals surface area contributed by atoms with Gasteiger partial charge in [-0.3, -0.25) is 4.90 Å². The van der Waals surface area contributed by atoms with E-state index in [2.05, 4.69) is 45.9 Å². The van der Waals surface area contributed by atoms with Gasteiger partial charge in [0.2, 0.25) is 5.95 Å². The summed E-state index contributed by atoms with van der Waals surface area (Å²) in [7, 11) is 0. The monoisotopic (exact) mass is 263 g/mol. The van der Waals surface area contributed by atoms with Gasteiger partial charge in [-0.05, 0) is 26.3 Å². The summed E-state index contributed by atoms with van der Waals surface area (Å²) in [5.74, 6) is 1.76. The highest BCUT2D eigenvalue weighted by Crippen LogP contribution is 2.16. The molecule has 1 aromatic heterocycles. The van der Waals surface area contributed by atoms with Crippen LogP contribution in [0.3, 0.4) is 0 Å². The van der Waals surface area contributed by atoms with E-state index in [1.165, 1.54) is 6.42 Å². The zero-order valence-corrected chi connectivity index (χ0v) is 12.3. The molecule has 1 unspecified atom stereocenters. The van der Waals surface area contributed by atoms with E-state index in [0.29, 0.717) is 6.04 Å². The van der Waals surface area contributed by atoms with Crippen LogP contribution in [0, 0.1) is 0 Å². The normalized spacial score (nSPS) is 18.4. The van der Waals surface area contributed by atoms with Crippen LogP contribution in [0.1, 0.15) is 27.2 Å². The van der Waals surface area contributed by atoms with Gasteiger partial charge in [-0.1, -0.05) is 6.92 Å². The third kappa shape index (κ3) is 3.56. The quantitative estimate of drug-likeness (QED) is 0.878. The van der Waals surface area contributed by atoms with E-state index in [4.69, 9.17) is 0 Å². The molecule has 2 heterocycles. The summed E-state index contributed by atoms with van der Waals surface area (Å²) < 4.78 is 0. The number of anilines is 2. The third-order valence-corrected chi connectivity index (χ3v) is 3.83. The van der Waals surface area contributed by atoms with Gasteiger partial charge in [0.05, 0.1) is 0 Å². The van der Waals surface area contributed by atoms with E-state index in [1.54, 1.807) is 0 Å². The number of rotatable bonds is 5. The fourth-order valence-corrected chi connectivity index (χ4v) is 2.42. The minimum Gasteiger partial charge on any atom is -0.354 e. The molecule has 0 bridgehead atoms. The molecule has 1 aliphatic rings. The van der Waals surface area contributed by atoms with Gasteiger partial charge < -0.3 is 10.2 Å². The van der Waals surface area contributed by atoms with Crippen LogP contribution in [0.25, 0.3) is 0 Å². The standard InChI is InChI=1S/C14H25N5/c1-4-12(3)18-8-10-19(11-9-18)13-6-7-16-14(17-13)15-5-2/h6-7,12H,4-5,8-11H2,1-3H3,(H,15,16,17). The average Bonchev–Trinajstić information content (AvgIpc) is 2.47. The van der Waals surface area contributed by atoms with Gasteiger partial charge in [0.1, 0.15) is 5.82 Å². The summed E-state index contributed by atoms with van der Waals surface area (Å²) >= 11 is 0. The van der Waals surface area contributed by atoms with Crippen molar-refractivity contribution in [2.45, 2.75) is 33.2 Å². The van der Waals surface area contributed by atoms with Crippen molar-refractivity contribution in [1.29, 1.82) is 0 Å². The fourth-order valence-electron chi connectivity index (χ4n) is 2.42. The maximum Gasteiger partial charge on any atom is 0.224 e. The van der Waals surface area contributed by atoms with E-state index in [-0.39, 0.29) is 0 Å². The van der Waals surface area contributed by atoms with Gasteiger partial charge in [-0.2, -0.15) is 4.98 Å². The molecule has 19 heavy (non-hydrogen) atoms. The second kappa shape index (κ2) is 6.70. The first-order valence-corrected chi connectivity index (χ1v) is 7.30. The number of piperazine rings is 1. The molecule has 1 aromatic rings. The molecule has 5 nitrogen and oxygen atoms in total. The Kier molecular flexibility index (Phi) is 4.96. The van der Waals surface area contributed by atoms with E-state index < -0.39 is 0 Å². The molecule has 0 saturated carbocycles. The minimum absolute atomic E-state index is 0.685. The van der Waals surface area contributed by atoms with Gasteiger partial charge in [-0.25, -0.2) is 4.98 Å². The molecule has 0 spiro atoms. The van der Waals surface area contributed by atoms with Gasteiger partial charge in [0.15, 0.2) is 0 Å². The van der Waals surface area contributed by atoms with Crippen molar-refractivity contribution >= 4 is 11.8 Å². The van der Waals surface area contributed by atoms with Crippen LogP contribution in [0.4, 0.5) is 11.8 Å². The Morgan fingerprint density at radius 1 is 1.26 bits per heavy atom. The predicted octanol–water partition coefficient (Wildman–Crippen LogP) is 1.83. The molecular formula is C14H25N5. The van der Waals surface area contributed by atoms with Gasteiger partial charge in [-0.15, -0.1) is 0 Å². The van der Waals surface area contributed by atoms with Crippen molar-refractivity contribution in [3.8, 4) is 0 Å². The summed E-state index contributed by atoms with van der Waals surface area (Å²) in [6.45, 7) is 11.8. The SMILES string of the molecule is CCNc1nccc(N2CCN(C(C)CC)CC2)n1. The van der Waals surface area contributed by atoms with Crippen LogP contribution in [-0.2, 0) is 0 Å². The number of nitrogens with one attached hydrogen (secondary N) is 1. The molecule has 1 N–H and O–H groups in total. The Morgan fingerprint density at radius 2 is 2.00 bits per heavy atom. The lowest BCUT2D eigenvalue weighted by atomic mass is 10.2. The van der Waals surface area contributed by atoms with Crippen molar-refractivity contribution in [2.24, 2.45) is 0 Å². The second-order valence-corrected chi connectivity index (χ2v) is 5.05. The molecule has 106 valence electrons. The smallest absolute Gasteiger partial charge is 0.224 e. The van der Waals surface area contributed by atoms with Crippen molar-refractivity contribution in [2.75, 3.05) is 42.9 Å². The Labute approximate surface area is 116 Å². The molecule has 0 aliphatic carbocycles. The highest BCUT2D eigenvalue weighted by molar-refractivity contribution is 5.42. The Bertz CT molecular complexity index is 387. The minimum atomic E-state index is 0.685. The zero-order valence-electron chi connectivity index (χ0n) is 12.3. The van der Waals surface area contributed by atoms with Crippen molar-refractivity contribution in [3.05, 3.63) is 12.3 Å². The third-order valence-electron chi connectivity index (χ3n) is 3.83. The van der Waals surface area contributed by atoms with Crippen molar-refractivity contribution < 1.29 is 0 Å². The summed E-state index contributed by atoms with van der Waals surface area (Å²) in [6.07, 6.45) is 3.06. The summed E-state index contributed by atoms with van der Waals surface area (Å²) in [5, 5.41) is 3.16. The maximum absolute atomic E-state index is 4.56. The Hall–Kier alpha value is -1.36. The first-order valence-electron chi connectivity index (χ1n) is 7.30. The molecule has 0 radical (unpaired) electrons. The molecule has 1 atom stereocenters. The molecule has 1 saturated heterocycles. The van der Waals surface area contributed by atoms with Crippen molar-refractivity contribution in [3.63, 3.8) is 0 Å². The molecular weight excluding hydrogens is 238 g/mol. The lowest BCUT2D eigenvalue weighted by Gasteiger charge is -2.38. The molecule has 2 rings (SSSR count). The van der Waals surface area contributed by atoms with E-state index in [1.807, 2.05) is 12.3 Å². The maximum atomic E-state index is 4.56. The van der Waals surface area contributed by atoms with Gasteiger partial charge in [0.25, 0.3) is 0 Å². The second-order valence-electron chi connectivity index (χ2n) is 5.05. The summed E-state index contributed by atoms with van der Waals surface area (Å²) in [5.41, 5.74) is 0. The first-order chi connectivity index (χ1) is 9.24. The van der Waals surface area contributed by atoms with Crippen LogP contribution < -0.4 is 10.2 Å². The lowest BCUT2D eigenvalue weighted by molar-refractivity contribution is 0.192. The fraction of sp³-hybridized carbons (Fsp3) is 0.714. The number of hydrogen-bond donors (Lipinski definition) is 1. The zero-order chi connectivity index (χ0) is 13.7. The van der Waals surface area contributed by atoms with E-state index >= 15 is 0 Å². The van der Waals surface area contributed by atoms with Gasteiger partial charge >= 0.3 is 0 Å². The van der Waals surface area contributed by atoms with Crippen LogP contribution in [0.2, 0.25) is 0 Å². The number of hydrogen-bond acceptors (Lipinski definition) is 5. The largest absolute Gasteiger partial charge is 0.354 e. The Morgan fingerprint density at radius 3 is 2.63 bits per heavy atom. The molecule has 1 fully saturated rings. The number of aromatic nitrogens is 2. The van der Waals surface area contributed by atoms with E-state index in [0.717, 1.165) is 44.5 Å². The lowest BCUT2D eigenvalue weighted by Crippen LogP contribution is -2.49. The highest BCUT2D eigenvalue weighted by Gasteiger charge is 2.21. The molecule has 5 heteroatoms. The number of nitrogens with zero attached hydrogens (tertiary/aromatic N) is 4. The van der Waals surface area contributed by atoms with Crippen LogP contribution in [0.15, 0.2) is 12.3 Å². The average molecular weight is 263 g/mol. The molecule has 1 aliphatic heterocycles. The summed E-state index contributed by atoms with van der Waals surface area (Å²) in [6, 6.07) is 2.68. The van der Waals surface area contributed by atoms with Crippen LogP contribution in [0.5, 0.6) is 0 Å². The topological polar surface area (TPSA) is 44.3 Å². The molecule has 0 aromatic carbocycles. The van der Waals surface area contributed by atoms with E-state index in [9.17, 15) is 0 Å². The molecule has 0 amide bonds. The predicted molar refractivity (Wildman–Crippen MR) is 79.7 cm³/mol. The van der Waals surface area contributed by atoms with Crippen LogP contribution >= 0.6 is 0 Å². The first kappa shape index (κ1) is 14.1. The summed E-state index contributed by atoms with van der Waals surface area (Å²) in [4.78, 5) is 13.7.